The molecule has 2 heterocycles. The standard InChI is InChI=1S/C16H12N2O4S/c19-11(20)8-17-16(22)13-14(21)10-6-7-23-15(10)12(18-13)9-4-2-1-3-5-9/h1-7,21H,8H2,(H,17,22)(H,19,20). The maximum atomic E-state index is 12.1. The van der Waals surface area contributed by atoms with Gasteiger partial charge in [0.15, 0.2) is 11.4 Å². The highest BCUT2D eigenvalue weighted by Crippen LogP contribution is 2.37. The van der Waals surface area contributed by atoms with Crippen molar-refractivity contribution in [1.82, 2.24) is 10.3 Å². The fraction of sp³-hybridized carbons (Fsp3) is 0.0625. The summed E-state index contributed by atoms with van der Waals surface area (Å²) in [7, 11) is 0. The van der Waals surface area contributed by atoms with Gasteiger partial charge in [0.1, 0.15) is 6.54 Å². The van der Waals surface area contributed by atoms with E-state index in [9.17, 15) is 14.7 Å². The van der Waals surface area contributed by atoms with Crippen LogP contribution < -0.4 is 5.32 Å². The first kappa shape index (κ1) is 15.0. The number of carboxylic acids is 1. The molecule has 0 aliphatic rings. The summed E-state index contributed by atoms with van der Waals surface area (Å²) in [6.07, 6.45) is 0. The first-order chi connectivity index (χ1) is 11.1. The van der Waals surface area contributed by atoms with Crippen molar-refractivity contribution in [3.05, 3.63) is 47.5 Å². The van der Waals surface area contributed by atoms with Crippen LogP contribution in [0.4, 0.5) is 0 Å². The number of thiophene rings is 1. The fourth-order valence-electron chi connectivity index (χ4n) is 2.21. The normalized spacial score (nSPS) is 10.6. The summed E-state index contributed by atoms with van der Waals surface area (Å²) in [5, 5.41) is 23.5. The van der Waals surface area contributed by atoms with Crippen molar-refractivity contribution in [1.29, 1.82) is 0 Å². The van der Waals surface area contributed by atoms with Crippen LogP contribution in [0.5, 0.6) is 5.75 Å². The number of benzene rings is 1. The van der Waals surface area contributed by atoms with E-state index in [4.69, 9.17) is 5.11 Å². The molecule has 0 fully saturated rings. The molecule has 3 aromatic rings. The van der Waals surface area contributed by atoms with Crippen molar-refractivity contribution in [2.75, 3.05) is 6.54 Å². The summed E-state index contributed by atoms with van der Waals surface area (Å²) < 4.78 is 0.767. The minimum Gasteiger partial charge on any atom is -0.505 e. The molecule has 0 radical (unpaired) electrons. The molecule has 0 saturated heterocycles. The summed E-state index contributed by atoms with van der Waals surface area (Å²) in [4.78, 5) is 27.0. The second-order valence-electron chi connectivity index (χ2n) is 4.76. The van der Waals surface area contributed by atoms with E-state index in [1.165, 1.54) is 11.3 Å². The molecule has 0 aliphatic carbocycles. The monoisotopic (exact) mass is 328 g/mol. The quantitative estimate of drug-likeness (QED) is 0.683. The minimum atomic E-state index is -1.17. The van der Waals surface area contributed by atoms with Crippen LogP contribution in [-0.4, -0.2) is 33.6 Å². The Morgan fingerprint density at radius 3 is 2.61 bits per heavy atom. The maximum Gasteiger partial charge on any atom is 0.322 e. The van der Waals surface area contributed by atoms with Gasteiger partial charge in [0.05, 0.1) is 10.4 Å². The van der Waals surface area contributed by atoms with Gasteiger partial charge in [0.25, 0.3) is 5.91 Å². The molecule has 0 aliphatic heterocycles. The Morgan fingerprint density at radius 1 is 1.17 bits per heavy atom. The zero-order chi connectivity index (χ0) is 16.4. The largest absolute Gasteiger partial charge is 0.505 e. The Morgan fingerprint density at radius 2 is 1.91 bits per heavy atom. The lowest BCUT2D eigenvalue weighted by atomic mass is 10.1. The second kappa shape index (κ2) is 6.05. The lowest BCUT2D eigenvalue weighted by Crippen LogP contribution is -2.30. The van der Waals surface area contributed by atoms with Crippen molar-refractivity contribution in [2.24, 2.45) is 0 Å². The van der Waals surface area contributed by atoms with E-state index in [2.05, 4.69) is 10.3 Å². The number of fused-ring (bicyclic) bond motifs is 1. The number of rotatable bonds is 4. The Labute approximate surface area is 135 Å². The predicted octanol–water partition coefficient (Wildman–Crippen LogP) is 2.48. The number of amides is 1. The van der Waals surface area contributed by atoms with Gasteiger partial charge in [-0.15, -0.1) is 11.3 Å². The summed E-state index contributed by atoms with van der Waals surface area (Å²) >= 11 is 1.41. The molecule has 0 bridgehead atoms. The Kier molecular flexibility index (Phi) is 3.94. The topological polar surface area (TPSA) is 99.5 Å². The molecule has 6 nitrogen and oxygen atoms in total. The molecule has 0 spiro atoms. The number of aromatic hydroxyl groups is 1. The molecule has 0 atom stereocenters. The first-order valence-electron chi connectivity index (χ1n) is 6.73. The van der Waals surface area contributed by atoms with E-state index < -0.39 is 18.4 Å². The molecule has 3 N–H and O–H groups in total. The highest BCUT2D eigenvalue weighted by molar-refractivity contribution is 7.17. The van der Waals surface area contributed by atoms with Gasteiger partial charge >= 0.3 is 5.97 Å². The van der Waals surface area contributed by atoms with Crippen molar-refractivity contribution in [3.63, 3.8) is 0 Å². The maximum absolute atomic E-state index is 12.1. The number of carbonyl (C=O) groups excluding carboxylic acids is 1. The number of pyridine rings is 1. The van der Waals surface area contributed by atoms with Gasteiger partial charge in [-0.1, -0.05) is 30.3 Å². The molecular formula is C16H12N2O4S. The van der Waals surface area contributed by atoms with Crippen LogP contribution in [0.1, 0.15) is 10.5 Å². The van der Waals surface area contributed by atoms with Crippen LogP contribution in [-0.2, 0) is 4.79 Å². The number of hydrogen-bond acceptors (Lipinski definition) is 5. The smallest absolute Gasteiger partial charge is 0.322 e. The molecule has 116 valence electrons. The molecule has 23 heavy (non-hydrogen) atoms. The van der Waals surface area contributed by atoms with Crippen molar-refractivity contribution in [2.45, 2.75) is 0 Å². The van der Waals surface area contributed by atoms with Crippen LogP contribution in [0.3, 0.4) is 0 Å². The number of nitrogens with zero attached hydrogens (tertiary/aromatic N) is 1. The van der Waals surface area contributed by atoms with E-state index in [1.807, 2.05) is 30.3 Å². The number of carboxylic acid groups (broad SMARTS) is 1. The van der Waals surface area contributed by atoms with Crippen molar-refractivity contribution < 1.29 is 19.8 Å². The number of nitrogens with one attached hydrogen (secondary N) is 1. The lowest BCUT2D eigenvalue weighted by molar-refractivity contribution is -0.135. The lowest BCUT2D eigenvalue weighted by Gasteiger charge is -2.09. The minimum absolute atomic E-state index is 0.184. The highest BCUT2D eigenvalue weighted by Gasteiger charge is 2.20. The summed E-state index contributed by atoms with van der Waals surface area (Å²) in [6, 6.07) is 11.0. The van der Waals surface area contributed by atoms with Crippen LogP contribution in [0.2, 0.25) is 0 Å². The fourth-order valence-corrected chi connectivity index (χ4v) is 3.12. The third-order valence-electron chi connectivity index (χ3n) is 3.25. The van der Waals surface area contributed by atoms with Gasteiger partial charge in [-0.3, -0.25) is 9.59 Å². The van der Waals surface area contributed by atoms with Crippen LogP contribution in [0.25, 0.3) is 21.3 Å². The van der Waals surface area contributed by atoms with Crippen LogP contribution in [0, 0.1) is 0 Å². The Bertz CT molecular complexity index is 890. The van der Waals surface area contributed by atoms with E-state index >= 15 is 0 Å². The Hall–Kier alpha value is -2.93. The van der Waals surface area contributed by atoms with Gasteiger partial charge in [-0.25, -0.2) is 4.98 Å². The number of hydrogen-bond donors (Lipinski definition) is 3. The molecule has 0 saturated carbocycles. The van der Waals surface area contributed by atoms with Gasteiger partial charge in [0.2, 0.25) is 0 Å². The molecule has 2 aromatic heterocycles. The zero-order valence-electron chi connectivity index (χ0n) is 11.8. The predicted molar refractivity (Wildman–Crippen MR) is 86.7 cm³/mol. The van der Waals surface area contributed by atoms with Gasteiger partial charge in [-0.2, -0.15) is 0 Å². The summed E-state index contributed by atoms with van der Waals surface area (Å²) in [5.74, 6) is -2.14. The zero-order valence-corrected chi connectivity index (χ0v) is 12.6. The average molecular weight is 328 g/mol. The third kappa shape index (κ3) is 2.86. The summed E-state index contributed by atoms with van der Waals surface area (Å²) in [5.41, 5.74) is 1.21. The molecular weight excluding hydrogens is 316 g/mol. The van der Waals surface area contributed by atoms with Crippen LogP contribution in [0.15, 0.2) is 41.8 Å². The van der Waals surface area contributed by atoms with E-state index in [-0.39, 0.29) is 11.4 Å². The molecule has 7 heteroatoms. The van der Waals surface area contributed by atoms with Crippen LogP contribution >= 0.6 is 11.3 Å². The SMILES string of the molecule is O=C(O)CNC(=O)c1nc(-c2ccccc2)c2sccc2c1O. The first-order valence-corrected chi connectivity index (χ1v) is 7.61. The molecule has 3 rings (SSSR count). The van der Waals surface area contributed by atoms with E-state index in [0.717, 1.165) is 10.3 Å². The Balaban J connectivity index is 2.14. The van der Waals surface area contributed by atoms with Crippen molar-refractivity contribution in [3.8, 4) is 17.0 Å². The molecule has 1 amide bonds. The van der Waals surface area contributed by atoms with Gasteiger partial charge in [0, 0.05) is 10.9 Å². The molecule has 0 unspecified atom stereocenters. The third-order valence-corrected chi connectivity index (χ3v) is 4.17. The summed E-state index contributed by atoms with van der Waals surface area (Å²) in [6.45, 7) is -0.539. The number of aliphatic carboxylic acids is 1. The number of carbonyl (C=O) groups is 2. The van der Waals surface area contributed by atoms with E-state index in [1.54, 1.807) is 11.4 Å². The second-order valence-corrected chi connectivity index (χ2v) is 5.68. The van der Waals surface area contributed by atoms with E-state index in [0.29, 0.717) is 11.1 Å². The molecule has 1 aromatic carbocycles. The van der Waals surface area contributed by atoms with Gasteiger partial charge < -0.3 is 15.5 Å². The van der Waals surface area contributed by atoms with Gasteiger partial charge in [-0.05, 0) is 11.4 Å². The van der Waals surface area contributed by atoms with Crippen molar-refractivity contribution >= 4 is 33.3 Å². The number of aromatic nitrogens is 1. The average Bonchev–Trinajstić information content (AvgIpc) is 3.04. The highest BCUT2D eigenvalue weighted by atomic mass is 32.1.